The highest BCUT2D eigenvalue weighted by Crippen LogP contribution is 2.22. The monoisotopic (exact) mass is 261 g/mol. The maximum atomic E-state index is 11.5. The molecule has 2 amide bonds. The molecule has 1 atom stereocenters. The Kier molecular flexibility index (Phi) is 4.58. The van der Waals surface area contributed by atoms with Crippen LogP contribution in [0.15, 0.2) is 0 Å². The van der Waals surface area contributed by atoms with Crippen molar-refractivity contribution in [2.75, 3.05) is 11.9 Å². The van der Waals surface area contributed by atoms with Crippen molar-refractivity contribution < 1.29 is 9.59 Å². The average Bonchev–Trinajstić information content (AvgIpc) is 2.48. The van der Waals surface area contributed by atoms with Crippen LogP contribution in [0, 0.1) is 5.92 Å². The van der Waals surface area contributed by atoms with Crippen molar-refractivity contribution in [3.05, 3.63) is 0 Å². The van der Waals surface area contributed by atoms with E-state index >= 15 is 0 Å². The first-order valence-corrected chi connectivity index (χ1v) is 6.20. The molecule has 0 radical (unpaired) electrons. The van der Waals surface area contributed by atoms with Crippen LogP contribution in [0.4, 0.5) is 0 Å². The standard InChI is InChI=1S/C10H16BrNO2/c1-2-3-8-6-10(14)12(7-8)9(13)4-5-11/h8H,2-7H2,1H3. The summed E-state index contributed by atoms with van der Waals surface area (Å²) in [5.74, 6) is 0.367. The molecule has 0 aromatic rings. The highest BCUT2D eigenvalue weighted by Gasteiger charge is 2.32. The smallest absolute Gasteiger partial charge is 0.230 e. The molecule has 0 spiro atoms. The minimum absolute atomic E-state index is 0.00870. The normalized spacial score (nSPS) is 21.7. The first kappa shape index (κ1) is 11.7. The molecule has 0 aromatic carbocycles. The van der Waals surface area contributed by atoms with E-state index in [1.54, 1.807) is 0 Å². The topological polar surface area (TPSA) is 37.4 Å². The van der Waals surface area contributed by atoms with Gasteiger partial charge in [-0.25, -0.2) is 0 Å². The predicted molar refractivity (Wildman–Crippen MR) is 58.1 cm³/mol. The highest BCUT2D eigenvalue weighted by atomic mass is 79.9. The summed E-state index contributed by atoms with van der Waals surface area (Å²) in [5, 5.41) is 0.633. The third kappa shape index (κ3) is 2.80. The molecule has 0 aliphatic carbocycles. The van der Waals surface area contributed by atoms with Gasteiger partial charge in [-0.05, 0) is 12.3 Å². The van der Waals surface area contributed by atoms with E-state index in [-0.39, 0.29) is 11.8 Å². The fraction of sp³-hybridized carbons (Fsp3) is 0.800. The number of alkyl halides is 1. The van der Waals surface area contributed by atoms with Crippen LogP contribution in [0.5, 0.6) is 0 Å². The number of nitrogens with zero attached hydrogens (tertiary/aromatic N) is 1. The number of halogens is 1. The van der Waals surface area contributed by atoms with Crippen LogP contribution in [0.25, 0.3) is 0 Å². The van der Waals surface area contributed by atoms with E-state index in [0.717, 1.165) is 12.8 Å². The van der Waals surface area contributed by atoms with Gasteiger partial charge < -0.3 is 0 Å². The van der Waals surface area contributed by atoms with Gasteiger partial charge in [-0.2, -0.15) is 0 Å². The number of likely N-dealkylation sites (tertiary alicyclic amines) is 1. The van der Waals surface area contributed by atoms with E-state index in [2.05, 4.69) is 22.9 Å². The van der Waals surface area contributed by atoms with Gasteiger partial charge in [0.2, 0.25) is 11.8 Å². The second-order valence-electron chi connectivity index (χ2n) is 3.70. The molecule has 1 heterocycles. The number of carbonyl (C=O) groups excluding carboxylic acids is 2. The molecule has 1 aliphatic heterocycles. The maximum Gasteiger partial charge on any atom is 0.230 e. The van der Waals surface area contributed by atoms with Gasteiger partial charge in [0.15, 0.2) is 0 Å². The molecule has 0 bridgehead atoms. The van der Waals surface area contributed by atoms with E-state index in [1.165, 1.54) is 4.90 Å². The molecule has 1 rings (SSSR count). The van der Waals surface area contributed by atoms with Gasteiger partial charge in [-0.15, -0.1) is 0 Å². The summed E-state index contributed by atoms with van der Waals surface area (Å²) in [4.78, 5) is 24.4. The van der Waals surface area contributed by atoms with Crippen molar-refractivity contribution in [1.29, 1.82) is 0 Å². The van der Waals surface area contributed by atoms with Gasteiger partial charge in [0.1, 0.15) is 0 Å². The minimum atomic E-state index is -0.0366. The molecule has 1 saturated heterocycles. The fourth-order valence-corrected chi connectivity index (χ4v) is 2.18. The molecule has 1 unspecified atom stereocenters. The minimum Gasteiger partial charge on any atom is -0.282 e. The Labute approximate surface area is 93.0 Å². The van der Waals surface area contributed by atoms with Gasteiger partial charge in [0, 0.05) is 24.7 Å². The number of hydrogen-bond donors (Lipinski definition) is 0. The molecule has 80 valence electrons. The molecule has 14 heavy (non-hydrogen) atoms. The molecule has 0 saturated carbocycles. The number of carbonyl (C=O) groups is 2. The number of imide groups is 1. The number of amides is 2. The summed E-state index contributed by atoms with van der Waals surface area (Å²) < 4.78 is 0. The van der Waals surface area contributed by atoms with Crippen molar-refractivity contribution in [1.82, 2.24) is 4.90 Å². The van der Waals surface area contributed by atoms with Crippen molar-refractivity contribution in [2.45, 2.75) is 32.6 Å². The third-order valence-electron chi connectivity index (χ3n) is 2.51. The van der Waals surface area contributed by atoms with E-state index in [4.69, 9.17) is 0 Å². The summed E-state index contributed by atoms with van der Waals surface area (Å²) in [5.41, 5.74) is 0. The van der Waals surface area contributed by atoms with Crippen molar-refractivity contribution >= 4 is 27.7 Å². The Morgan fingerprint density at radius 3 is 2.93 bits per heavy atom. The quantitative estimate of drug-likeness (QED) is 0.726. The Bertz CT molecular complexity index is 230. The van der Waals surface area contributed by atoms with Crippen LogP contribution in [0.3, 0.4) is 0 Å². The molecule has 0 N–H and O–H groups in total. The zero-order valence-electron chi connectivity index (χ0n) is 8.46. The SMILES string of the molecule is CCCC1CC(=O)N(C(=O)CCBr)C1. The lowest BCUT2D eigenvalue weighted by molar-refractivity contribution is -0.141. The lowest BCUT2D eigenvalue weighted by Crippen LogP contribution is -2.32. The average molecular weight is 262 g/mol. The van der Waals surface area contributed by atoms with Crippen LogP contribution in [0.2, 0.25) is 0 Å². The zero-order valence-corrected chi connectivity index (χ0v) is 10.0. The summed E-state index contributed by atoms with van der Waals surface area (Å²) in [7, 11) is 0. The third-order valence-corrected chi connectivity index (χ3v) is 2.91. The summed E-state index contributed by atoms with van der Waals surface area (Å²) >= 11 is 3.20. The Hall–Kier alpha value is -0.380. The van der Waals surface area contributed by atoms with Crippen LogP contribution in [-0.2, 0) is 9.59 Å². The van der Waals surface area contributed by atoms with Gasteiger partial charge >= 0.3 is 0 Å². The van der Waals surface area contributed by atoms with Crippen LogP contribution in [-0.4, -0.2) is 28.6 Å². The van der Waals surface area contributed by atoms with Crippen LogP contribution < -0.4 is 0 Å². The second kappa shape index (κ2) is 5.49. The highest BCUT2D eigenvalue weighted by molar-refractivity contribution is 9.09. The Balaban J connectivity index is 2.47. The zero-order chi connectivity index (χ0) is 10.6. The van der Waals surface area contributed by atoms with Crippen molar-refractivity contribution in [3.8, 4) is 0 Å². The molecular formula is C10H16BrNO2. The van der Waals surface area contributed by atoms with E-state index in [1.807, 2.05) is 0 Å². The largest absolute Gasteiger partial charge is 0.282 e. The van der Waals surface area contributed by atoms with Crippen LogP contribution in [0.1, 0.15) is 32.6 Å². The van der Waals surface area contributed by atoms with E-state index < -0.39 is 0 Å². The molecule has 1 fully saturated rings. The lowest BCUT2D eigenvalue weighted by atomic mass is 10.0. The molecule has 3 nitrogen and oxygen atoms in total. The van der Waals surface area contributed by atoms with Gasteiger partial charge in [-0.3, -0.25) is 14.5 Å². The van der Waals surface area contributed by atoms with Crippen molar-refractivity contribution in [2.24, 2.45) is 5.92 Å². The Morgan fingerprint density at radius 1 is 1.64 bits per heavy atom. The van der Waals surface area contributed by atoms with Crippen molar-refractivity contribution in [3.63, 3.8) is 0 Å². The van der Waals surface area contributed by atoms with E-state index in [9.17, 15) is 9.59 Å². The molecule has 1 aliphatic rings. The maximum absolute atomic E-state index is 11.5. The number of hydrogen-bond acceptors (Lipinski definition) is 2. The lowest BCUT2D eigenvalue weighted by Gasteiger charge is -2.13. The fourth-order valence-electron chi connectivity index (χ4n) is 1.84. The molecular weight excluding hydrogens is 246 g/mol. The summed E-state index contributed by atoms with van der Waals surface area (Å²) in [6, 6.07) is 0. The first-order valence-electron chi connectivity index (χ1n) is 5.08. The summed E-state index contributed by atoms with van der Waals surface area (Å²) in [6.07, 6.45) is 3.11. The van der Waals surface area contributed by atoms with E-state index in [0.29, 0.717) is 30.6 Å². The predicted octanol–water partition coefficient (Wildman–Crippen LogP) is 1.95. The molecule has 0 aromatic heterocycles. The number of rotatable bonds is 4. The Morgan fingerprint density at radius 2 is 2.36 bits per heavy atom. The first-order chi connectivity index (χ1) is 6.69. The van der Waals surface area contributed by atoms with Gasteiger partial charge in [0.05, 0.1) is 0 Å². The van der Waals surface area contributed by atoms with Gasteiger partial charge in [0.25, 0.3) is 0 Å². The van der Waals surface area contributed by atoms with Crippen LogP contribution >= 0.6 is 15.9 Å². The summed E-state index contributed by atoms with van der Waals surface area (Å²) in [6.45, 7) is 2.74. The molecule has 4 heteroatoms. The second-order valence-corrected chi connectivity index (χ2v) is 4.49. The van der Waals surface area contributed by atoms with Gasteiger partial charge in [-0.1, -0.05) is 29.3 Å².